The number of amides is 1. The first-order valence-corrected chi connectivity index (χ1v) is 7.77. The van der Waals surface area contributed by atoms with E-state index in [1.165, 1.54) is 6.07 Å². The molecule has 0 fully saturated rings. The van der Waals surface area contributed by atoms with Gasteiger partial charge in [-0.15, -0.1) is 0 Å². The first kappa shape index (κ1) is 17.5. The van der Waals surface area contributed by atoms with Crippen LogP contribution in [0, 0.1) is 11.7 Å². The fourth-order valence-electron chi connectivity index (χ4n) is 2.41. The van der Waals surface area contributed by atoms with Gasteiger partial charge in [-0.1, -0.05) is 38.8 Å². The largest absolute Gasteiger partial charge is 0.372 e. The van der Waals surface area contributed by atoms with Crippen LogP contribution in [0.4, 0.5) is 10.1 Å². The van der Waals surface area contributed by atoms with Crippen molar-refractivity contribution in [3.05, 3.63) is 30.1 Å². The van der Waals surface area contributed by atoms with E-state index in [0.29, 0.717) is 31.1 Å². The molecule has 1 atom stereocenters. The second kappa shape index (κ2) is 9.37. The van der Waals surface area contributed by atoms with Gasteiger partial charge in [0.2, 0.25) is 5.91 Å². The van der Waals surface area contributed by atoms with Crippen LogP contribution < -0.4 is 10.2 Å². The lowest BCUT2D eigenvalue weighted by atomic mass is 10.0. The number of carbonyl (C=O) groups excluding carboxylic acids is 1. The number of carbonyl (C=O) groups is 1. The van der Waals surface area contributed by atoms with Gasteiger partial charge in [-0.3, -0.25) is 4.79 Å². The lowest BCUT2D eigenvalue weighted by molar-refractivity contribution is -0.121. The fourth-order valence-corrected chi connectivity index (χ4v) is 2.41. The van der Waals surface area contributed by atoms with Gasteiger partial charge < -0.3 is 10.2 Å². The molecular formula is C17H27FN2O. The number of hydrogen-bond acceptors (Lipinski definition) is 2. The van der Waals surface area contributed by atoms with E-state index in [1.54, 1.807) is 12.1 Å². The average Bonchev–Trinajstić information content (AvgIpc) is 2.44. The Morgan fingerprint density at radius 1 is 1.38 bits per heavy atom. The number of anilines is 1. The maximum Gasteiger partial charge on any atom is 0.220 e. The summed E-state index contributed by atoms with van der Waals surface area (Å²) in [5, 5.41) is 2.93. The number of benzene rings is 1. The molecule has 3 nitrogen and oxygen atoms in total. The number of hydrogen-bond donors (Lipinski definition) is 1. The van der Waals surface area contributed by atoms with Gasteiger partial charge >= 0.3 is 0 Å². The molecule has 0 aromatic heterocycles. The van der Waals surface area contributed by atoms with Crippen LogP contribution in [0.5, 0.6) is 0 Å². The van der Waals surface area contributed by atoms with Gasteiger partial charge in [-0.05, 0) is 24.5 Å². The molecule has 118 valence electrons. The summed E-state index contributed by atoms with van der Waals surface area (Å²) < 4.78 is 13.6. The Labute approximate surface area is 127 Å². The van der Waals surface area contributed by atoms with E-state index in [-0.39, 0.29) is 11.7 Å². The van der Waals surface area contributed by atoms with E-state index >= 15 is 0 Å². The Kier molecular flexibility index (Phi) is 7.80. The predicted octanol–water partition coefficient (Wildman–Crippen LogP) is 3.59. The highest BCUT2D eigenvalue weighted by Gasteiger charge is 2.09. The predicted molar refractivity (Wildman–Crippen MR) is 86.0 cm³/mol. The van der Waals surface area contributed by atoms with E-state index in [0.717, 1.165) is 19.3 Å². The van der Waals surface area contributed by atoms with Crippen molar-refractivity contribution in [1.29, 1.82) is 0 Å². The first-order chi connectivity index (χ1) is 10.0. The highest BCUT2D eigenvalue weighted by molar-refractivity contribution is 5.76. The first-order valence-electron chi connectivity index (χ1n) is 7.77. The lowest BCUT2D eigenvalue weighted by Crippen LogP contribution is -2.29. The Balaban J connectivity index is 2.22. The van der Waals surface area contributed by atoms with Gasteiger partial charge in [0.1, 0.15) is 5.82 Å². The molecular weight excluding hydrogens is 267 g/mol. The van der Waals surface area contributed by atoms with Gasteiger partial charge in [0.25, 0.3) is 0 Å². The smallest absolute Gasteiger partial charge is 0.220 e. The zero-order valence-electron chi connectivity index (χ0n) is 13.4. The second-order valence-corrected chi connectivity index (χ2v) is 5.67. The summed E-state index contributed by atoms with van der Waals surface area (Å²) in [6, 6.07) is 6.74. The molecule has 0 bridgehead atoms. The van der Waals surface area contributed by atoms with Gasteiger partial charge in [0.05, 0.1) is 5.69 Å². The topological polar surface area (TPSA) is 32.3 Å². The monoisotopic (exact) mass is 294 g/mol. The van der Waals surface area contributed by atoms with Gasteiger partial charge in [0.15, 0.2) is 0 Å². The van der Waals surface area contributed by atoms with Crippen molar-refractivity contribution in [1.82, 2.24) is 5.32 Å². The zero-order chi connectivity index (χ0) is 15.7. The van der Waals surface area contributed by atoms with Crippen LogP contribution in [0.15, 0.2) is 24.3 Å². The molecule has 1 rings (SSSR count). The molecule has 1 N–H and O–H groups in total. The molecule has 0 aliphatic carbocycles. The molecule has 1 unspecified atom stereocenters. The molecule has 0 aliphatic heterocycles. The summed E-state index contributed by atoms with van der Waals surface area (Å²) in [6.07, 6.45) is 3.60. The molecule has 1 aromatic rings. The molecule has 0 radical (unpaired) electrons. The van der Waals surface area contributed by atoms with E-state index in [1.807, 2.05) is 18.0 Å². The van der Waals surface area contributed by atoms with Crippen LogP contribution in [-0.2, 0) is 4.79 Å². The SMILES string of the molecule is CCCC(C)CC(=O)NCCCN(C)c1ccccc1F. The molecule has 0 spiro atoms. The Hall–Kier alpha value is -1.58. The maximum atomic E-state index is 13.6. The maximum absolute atomic E-state index is 13.6. The number of nitrogens with one attached hydrogen (secondary N) is 1. The van der Waals surface area contributed by atoms with Crippen LogP contribution in [0.2, 0.25) is 0 Å². The van der Waals surface area contributed by atoms with E-state index < -0.39 is 0 Å². The van der Waals surface area contributed by atoms with Crippen LogP contribution in [0.3, 0.4) is 0 Å². The highest BCUT2D eigenvalue weighted by Crippen LogP contribution is 2.16. The molecule has 0 saturated heterocycles. The summed E-state index contributed by atoms with van der Waals surface area (Å²) >= 11 is 0. The van der Waals surface area contributed by atoms with E-state index in [4.69, 9.17) is 0 Å². The van der Waals surface area contributed by atoms with E-state index in [2.05, 4.69) is 19.2 Å². The van der Waals surface area contributed by atoms with Crippen LogP contribution in [0.1, 0.15) is 39.5 Å². The summed E-state index contributed by atoms with van der Waals surface area (Å²) in [7, 11) is 1.86. The number of halogens is 1. The molecule has 1 amide bonds. The molecule has 0 saturated carbocycles. The van der Waals surface area contributed by atoms with Crippen molar-refractivity contribution < 1.29 is 9.18 Å². The summed E-state index contributed by atoms with van der Waals surface area (Å²) in [5.74, 6) is 0.345. The third-order valence-corrected chi connectivity index (χ3v) is 3.57. The molecule has 0 aliphatic rings. The van der Waals surface area contributed by atoms with Crippen molar-refractivity contribution in [3.8, 4) is 0 Å². The third kappa shape index (κ3) is 6.61. The Morgan fingerprint density at radius 3 is 2.76 bits per heavy atom. The van der Waals surface area contributed by atoms with Crippen molar-refractivity contribution in [2.24, 2.45) is 5.92 Å². The average molecular weight is 294 g/mol. The number of rotatable bonds is 9. The third-order valence-electron chi connectivity index (χ3n) is 3.57. The van der Waals surface area contributed by atoms with Crippen LogP contribution >= 0.6 is 0 Å². The zero-order valence-corrected chi connectivity index (χ0v) is 13.4. The minimum absolute atomic E-state index is 0.115. The van der Waals surface area contributed by atoms with Gasteiger partial charge in [-0.25, -0.2) is 4.39 Å². The Morgan fingerprint density at radius 2 is 2.10 bits per heavy atom. The molecule has 21 heavy (non-hydrogen) atoms. The van der Waals surface area contributed by atoms with Crippen molar-refractivity contribution in [2.45, 2.75) is 39.5 Å². The van der Waals surface area contributed by atoms with Crippen molar-refractivity contribution in [2.75, 3.05) is 25.0 Å². The molecule has 0 heterocycles. The summed E-state index contributed by atoms with van der Waals surface area (Å²) in [5.41, 5.74) is 0.598. The second-order valence-electron chi connectivity index (χ2n) is 5.67. The minimum atomic E-state index is -0.211. The molecule has 4 heteroatoms. The van der Waals surface area contributed by atoms with Crippen LogP contribution in [-0.4, -0.2) is 26.0 Å². The normalized spacial score (nSPS) is 12.0. The van der Waals surface area contributed by atoms with Crippen molar-refractivity contribution in [3.63, 3.8) is 0 Å². The number of nitrogens with zero attached hydrogens (tertiary/aromatic N) is 1. The fraction of sp³-hybridized carbons (Fsp3) is 0.588. The standard InChI is InChI=1S/C17H27FN2O/c1-4-8-14(2)13-17(21)19-11-7-12-20(3)16-10-6-5-9-15(16)18/h5-6,9-10,14H,4,7-8,11-13H2,1-3H3,(H,19,21). The summed E-state index contributed by atoms with van der Waals surface area (Å²) in [4.78, 5) is 13.6. The van der Waals surface area contributed by atoms with Gasteiger partial charge in [-0.2, -0.15) is 0 Å². The van der Waals surface area contributed by atoms with Crippen LogP contribution in [0.25, 0.3) is 0 Å². The lowest BCUT2D eigenvalue weighted by Gasteiger charge is -2.20. The Bertz CT molecular complexity index is 437. The highest BCUT2D eigenvalue weighted by atomic mass is 19.1. The van der Waals surface area contributed by atoms with Crippen molar-refractivity contribution >= 4 is 11.6 Å². The molecule has 1 aromatic carbocycles. The van der Waals surface area contributed by atoms with Gasteiger partial charge in [0, 0.05) is 26.6 Å². The van der Waals surface area contributed by atoms with E-state index in [9.17, 15) is 9.18 Å². The minimum Gasteiger partial charge on any atom is -0.372 e. The quantitative estimate of drug-likeness (QED) is 0.706. The number of para-hydroxylation sites is 1. The summed E-state index contributed by atoms with van der Waals surface area (Å²) in [6.45, 7) is 5.59.